The molecule has 0 aromatic rings. The smallest absolute Gasteiger partial charge is 0.320 e. The van der Waals surface area contributed by atoms with Gasteiger partial charge in [-0.15, -0.1) is 0 Å². The maximum atomic E-state index is 10.5. The molecule has 0 spiro atoms. The standard InChI is InChI=1S/C6H13NO2.C4H10/c1-6(2,3)9-5(8)4-7;1-4(2)3/h4,7H2,1-3H3;4H,1-3H3. The first-order valence-corrected chi connectivity index (χ1v) is 4.61. The van der Waals surface area contributed by atoms with Gasteiger partial charge in [0.15, 0.2) is 0 Å². The van der Waals surface area contributed by atoms with Crippen molar-refractivity contribution in [1.29, 1.82) is 0 Å². The first-order valence-electron chi connectivity index (χ1n) is 4.61. The van der Waals surface area contributed by atoms with Gasteiger partial charge in [0.1, 0.15) is 5.60 Å². The highest BCUT2D eigenvalue weighted by molar-refractivity contribution is 5.71. The van der Waals surface area contributed by atoms with Crippen molar-refractivity contribution in [3.05, 3.63) is 0 Å². The quantitative estimate of drug-likeness (QED) is 0.641. The fraction of sp³-hybridized carbons (Fsp3) is 0.900. The summed E-state index contributed by atoms with van der Waals surface area (Å²) in [5.74, 6) is 0.475. The van der Waals surface area contributed by atoms with Crippen molar-refractivity contribution in [3.63, 3.8) is 0 Å². The van der Waals surface area contributed by atoms with Gasteiger partial charge in [-0.2, -0.15) is 0 Å². The van der Waals surface area contributed by atoms with Gasteiger partial charge in [-0.1, -0.05) is 20.8 Å². The zero-order valence-electron chi connectivity index (χ0n) is 9.68. The summed E-state index contributed by atoms with van der Waals surface area (Å²) in [5, 5.41) is 0. The second-order valence-electron chi connectivity index (χ2n) is 4.52. The highest BCUT2D eigenvalue weighted by Gasteiger charge is 2.13. The second kappa shape index (κ2) is 6.89. The van der Waals surface area contributed by atoms with Gasteiger partial charge >= 0.3 is 5.97 Å². The molecule has 3 heteroatoms. The second-order valence-corrected chi connectivity index (χ2v) is 4.52. The number of carbonyl (C=O) groups is 1. The van der Waals surface area contributed by atoms with Crippen molar-refractivity contribution >= 4 is 5.97 Å². The Morgan fingerprint density at radius 1 is 1.31 bits per heavy atom. The van der Waals surface area contributed by atoms with Gasteiger partial charge in [-0.25, -0.2) is 0 Å². The highest BCUT2D eigenvalue weighted by atomic mass is 16.6. The van der Waals surface area contributed by atoms with Gasteiger partial charge in [0, 0.05) is 0 Å². The Morgan fingerprint density at radius 2 is 1.62 bits per heavy atom. The number of carbonyl (C=O) groups excluding carboxylic acids is 1. The van der Waals surface area contributed by atoms with Crippen molar-refractivity contribution in [3.8, 4) is 0 Å². The third kappa shape index (κ3) is 24.6. The van der Waals surface area contributed by atoms with Crippen LogP contribution in [0.15, 0.2) is 0 Å². The normalized spacial score (nSPS) is 10.5. The monoisotopic (exact) mass is 189 g/mol. The van der Waals surface area contributed by atoms with E-state index in [4.69, 9.17) is 10.5 Å². The van der Waals surface area contributed by atoms with Gasteiger partial charge in [0.05, 0.1) is 6.54 Å². The third-order valence-electron chi connectivity index (χ3n) is 0.587. The van der Waals surface area contributed by atoms with Crippen molar-refractivity contribution in [2.24, 2.45) is 11.7 Å². The van der Waals surface area contributed by atoms with E-state index in [-0.39, 0.29) is 12.5 Å². The summed E-state index contributed by atoms with van der Waals surface area (Å²) < 4.78 is 4.82. The molecule has 0 atom stereocenters. The van der Waals surface area contributed by atoms with Crippen LogP contribution in [0.3, 0.4) is 0 Å². The van der Waals surface area contributed by atoms with Crippen molar-refractivity contribution < 1.29 is 9.53 Å². The number of hydrogen-bond donors (Lipinski definition) is 1. The molecule has 13 heavy (non-hydrogen) atoms. The van der Waals surface area contributed by atoms with Crippen LogP contribution in [-0.4, -0.2) is 18.1 Å². The maximum absolute atomic E-state index is 10.5. The predicted molar refractivity (Wildman–Crippen MR) is 55.4 cm³/mol. The number of nitrogens with two attached hydrogens (primary N) is 1. The van der Waals surface area contributed by atoms with Crippen LogP contribution in [0.2, 0.25) is 0 Å². The lowest BCUT2D eigenvalue weighted by Gasteiger charge is -2.18. The van der Waals surface area contributed by atoms with E-state index in [2.05, 4.69) is 20.8 Å². The molecule has 0 saturated carbocycles. The van der Waals surface area contributed by atoms with Gasteiger partial charge in [0.25, 0.3) is 0 Å². The van der Waals surface area contributed by atoms with E-state index < -0.39 is 5.60 Å². The maximum Gasteiger partial charge on any atom is 0.320 e. The Balaban J connectivity index is 0. The third-order valence-corrected chi connectivity index (χ3v) is 0.587. The molecule has 0 bridgehead atoms. The molecule has 80 valence electrons. The van der Waals surface area contributed by atoms with E-state index >= 15 is 0 Å². The lowest BCUT2D eigenvalue weighted by Crippen LogP contribution is -2.28. The summed E-state index contributed by atoms with van der Waals surface area (Å²) in [4.78, 5) is 10.5. The minimum Gasteiger partial charge on any atom is -0.459 e. The van der Waals surface area contributed by atoms with E-state index in [1.54, 1.807) is 20.8 Å². The number of esters is 1. The van der Waals surface area contributed by atoms with E-state index in [0.29, 0.717) is 0 Å². The molecule has 0 aliphatic carbocycles. The fourth-order valence-electron chi connectivity index (χ4n) is 0.383. The predicted octanol–water partition coefficient (Wildman–Crippen LogP) is 1.95. The summed E-state index contributed by atoms with van der Waals surface area (Å²) in [6, 6.07) is 0. The van der Waals surface area contributed by atoms with Crippen molar-refractivity contribution in [2.45, 2.75) is 47.1 Å². The average molecular weight is 189 g/mol. The van der Waals surface area contributed by atoms with Gasteiger partial charge in [-0.3, -0.25) is 4.79 Å². The minimum atomic E-state index is -0.406. The summed E-state index contributed by atoms with van der Waals surface area (Å²) in [7, 11) is 0. The molecular formula is C10H23NO2. The molecule has 0 amide bonds. The van der Waals surface area contributed by atoms with Crippen molar-refractivity contribution in [2.75, 3.05) is 6.54 Å². The van der Waals surface area contributed by atoms with Crippen LogP contribution >= 0.6 is 0 Å². The molecular weight excluding hydrogens is 166 g/mol. The van der Waals surface area contributed by atoms with E-state index in [0.717, 1.165) is 5.92 Å². The fourth-order valence-corrected chi connectivity index (χ4v) is 0.383. The Morgan fingerprint density at radius 3 is 1.69 bits per heavy atom. The zero-order chi connectivity index (χ0) is 11.1. The Kier molecular flexibility index (Phi) is 7.92. The number of hydrogen-bond acceptors (Lipinski definition) is 3. The van der Waals surface area contributed by atoms with Crippen molar-refractivity contribution in [1.82, 2.24) is 0 Å². The molecule has 3 nitrogen and oxygen atoms in total. The zero-order valence-corrected chi connectivity index (χ0v) is 9.68. The van der Waals surface area contributed by atoms with Gasteiger partial charge in [0.2, 0.25) is 0 Å². The molecule has 0 radical (unpaired) electrons. The molecule has 0 aliphatic rings. The Labute approximate surface area is 81.6 Å². The number of ether oxygens (including phenoxy) is 1. The molecule has 0 unspecified atom stereocenters. The highest BCUT2D eigenvalue weighted by Crippen LogP contribution is 2.05. The molecule has 0 rings (SSSR count). The molecule has 0 aromatic carbocycles. The van der Waals surface area contributed by atoms with E-state index in [9.17, 15) is 4.79 Å². The molecule has 0 aliphatic heterocycles. The van der Waals surface area contributed by atoms with Crippen LogP contribution in [0, 0.1) is 5.92 Å². The van der Waals surface area contributed by atoms with E-state index in [1.807, 2.05) is 0 Å². The van der Waals surface area contributed by atoms with Crippen LogP contribution in [0.25, 0.3) is 0 Å². The lowest BCUT2D eigenvalue weighted by atomic mass is 10.2. The first kappa shape index (κ1) is 14.9. The molecule has 0 aromatic heterocycles. The Hall–Kier alpha value is -0.570. The Bertz CT molecular complexity index is 134. The van der Waals surface area contributed by atoms with Crippen LogP contribution in [-0.2, 0) is 9.53 Å². The van der Waals surface area contributed by atoms with E-state index in [1.165, 1.54) is 0 Å². The average Bonchev–Trinajstić information content (AvgIpc) is 1.82. The molecule has 2 N–H and O–H groups in total. The van der Waals surface area contributed by atoms with Crippen LogP contribution < -0.4 is 5.73 Å². The summed E-state index contributed by atoms with van der Waals surface area (Å²) in [5.41, 5.74) is 4.60. The minimum absolute atomic E-state index is 0.0444. The molecule has 0 fully saturated rings. The van der Waals surface area contributed by atoms with Crippen LogP contribution in [0.5, 0.6) is 0 Å². The first-order chi connectivity index (χ1) is 5.69. The molecule has 0 heterocycles. The van der Waals surface area contributed by atoms with Gasteiger partial charge in [-0.05, 0) is 26.7 Å². The lowest BCUT2D eigenvalue weighted by molar-refractivity contribution is -0.152. The molecule has 0 saturated heterocycles. The number of rotatable bonds is 1. The van der Waals surface area contributed by atoms with Crippen LogP contribution in [0.1, 0.15) is 41.5 Å². The van der Waals surface area contributed by atoms with Crippen LogP contribution in [0.4, 0.5) is 0 Å². The summed E-state index contributed by atoms with van der Waals surface area (Å²) >= 11 is 0. The SMILES string of the molecule is CC(C)(C)OC(=O)CN.CC(C)C. The largest absolute Gasteiger partial charge is 0.459 e. The summed E-state index contributed by atoms with van der Waals surface area (Å²) in [6.07, 6.45) is 0. The van der Waals surface area contributed by atoms with Gasteiger partial charge < -0.3 is 10.5 Å². The topological polar surface area (TPSA) is 52.3 Å². The summed E-state index contributed by atoms with van der Waals surface area (Å²) in [6.45, 7) is 11.9.